The van der Waals surface area contributed by atoms with Crippen molar-refractivity contribution in [2.45, 2.75) is 12.1 Å². The van der Waals surface area contributed by atoms with Gasteiger partial charge in [0.1, 0.15) is 11.6 Å². The summed E-state index contributed by atoms with van der Waals surface area (Å²) >= 11 is 1.25. The Balaban J connectivity index is 1.61. The van der Waals surface area contributed by atoms with E-state index in [4.69, 9.17) is 4.74 Å². The summed E-state index contributed by atoms with van der Waals surface area (Å²) in [7, 11) is 1.62. The number of aryl methyl sites for hydroxylation is 1. The van der Waals surface area contributed by atoms with Crippen molar-refractivity contribution in [3.8, 4) is 22.8 Å². The van der Waals surface area contributed by atoms with Crippen LogP contribution in [0.2, 0.25) is 0 Å². The van der Waals surface area contributed by atoms with Gasteiger partial charge < -0.3 is 10.1 Å². The van der Waals surface area contributed by atoms with Gasteiger partial charge in [0.25, 0.3) is 0 Å². The van der Waals surface area contributed by atoms with Crippen molar-refractivity contribution in [2.75, 3.05) is 18.2 Å². The van der Waals surface area contributed by atoms with E-state index >= 15 is 0 Å². The fourth-order valence-electron chi connectivity index (χ4n) is 3.11. The number of halogens is 1. The molecule has 1 N–H and O–H groups in total. The summed E-state index contributed by atoms with van der Waals surface area (Å²) in [6, 6.07) is 21.4. The lowest BCUT2D eigenvalue weighted by molar-refractivity contribution is -0.113. The maximum Gasteiger partial charge on any atom is 0.234 e. The topological polar surface area (TPSA) is 69.0 Å². The van der Waals surface area contributed by atoms with Gasteiger partial charge in [-0.2, -0.15) is 0 Å². The van der Waals surface area contributed by atoms with E-state index in [9.17, 15) is 9.18 Å². The highest BCUT2D eigenvalue weighted by Crippen LogP contribution is 2.29. The number of nitrogens with one attached hydrogen (secondary N) is 1. The molecule has 0 fully saturated rings. The van der Waals surface area contributed by atoms with E-state index in [1.54, 1.807) is 19.2 Å². The van der Waals surface area contributed by atoms with E-state index < -0.39 is 5.82 Å². The standard InChI is InChI=1S/C24H21FN4O2S/c1-16-6-8-17(9-7-16)23-27-28-24(29(23)20-10-12-21(31-2)13-11-20)32-15-22(30)26-19-5-3-4-18(25)14-19/h3-14H,15H2,1-2H3,(H,26,30). The number of methoxy groups -OCH3 is 1. The molecule has 1 aromatic heterocycles. The molecule has 0 atom stereocenters. The van der Waals surface area contributed by atoms with E-state index in [2.05, 4.69) is 15.5 Å². The monoisotopic (exact) mass is 448 g/mol. The number of carbonyl (C=O) groups excluding carboxylic acids is 1. The van der Waals surface area contributed by atoms with Gasteiger partial charge in [-0.05, 0) is 49.4 Å². The molecule has 0 bridgehead atoms. The minimum atomic E-state index is -0.405. The molecule has 0 aliphatic carbocycles. The van der Waals surface area contributed by atoms with Crippen LogP contribution in [0.5, 0.6) is 5.75 Å². The summed E-state index contributed by atoms with van der Waals surface area (Å²) in [6.07, 6.45) is 0. The van der Waals surface area contributed by atoms with Crippen molar-refractivity contribution in [2.24, 2.45) is 0 Å². The van der Waals surface area contributed by atoms with Crippen molar-refractivity contribution in [1.29, 1.82) is 0 Å². The summed E-state index contributed by atoms with van der Waals surface area (Å²) in [6.45, 7) is 2.02. The third kappa shape index (κ3) is 4.97. The van der Waals surface area contributed by atoms with Gasteiger partial charge >= 0.3 is 0 Å². The van der Waals surface area contributed by atoms with Crippen LogP contribution in [-0.4, -0.2) is 33.5 Å². The number of hydrogen-bond acceptors (Lipinski definition) is 5. The zero-order valence-electron chi connectivity index (χ0n) is 17.6. The first kappa shape index (κ1) is 21.6. The molecule has 6 nitrogen and oxygen atoms in total. The lowest BCUT2D eigenvalue weighted by atomic mass is 10.1. The Labute approximate surface area is 189 Å². The minimum absolute atomic E-state index is 0.0959. The van der Waals surface area contributed by atoms with Crippen molar-refractivity contribution in [3.05, 3.63) is 84.2 Å². The zero-order chi connectivity index (χ0) is 22.5. The number of hydrogen-bond donors (Lipinski definition) is 1. The average molecular weight is 449 g/mol. The van der Waals surface area contributed by atoms with Crippen molar-refractivity contribution < 1.29 is 13.9 Å². The fourth-order valence-corrected chi connectivity index (χ4v) is 3.86. The molecule has 1 amide bonds. The number of nitrogens with zero attached hydrogens (tertiary/aromatic N) is 3. The predicted molar refractivity (Wildman–Crippen MR) is 124 cm³/mol. The molecular weight excluding hydrogens is 427 g/mol. The smallest absolute Gasteiger partial charge is 0.234 e. The van der Waals surface area contributed by atoms with E-state index in [0.717, 1.165) is 22.6 Å². The minimum Gasteiger partial charge on any atom is -0.497 e. The number of benzene rings is 3. The van der Waals surface area contributed by atoms with E-state index in [-0.39, 0.29) is 11.7 Å². The number of rotatable bonds is 7. The highest BCUT2D eigenvalue weighted by atomic mass is 32.2. The Morgan fingerprint density at radius 2 is 1.81 bits per heavy atom. The number of carbonyl (C=O) groups is 1. The van der Waals surface area contributed by atoms with Crippen LogP contribution in [0.1, 0.15) is 5.56 Å². The predicted octanol–water partition coefficient (Wildman–Crippen LogP) is 5.12. The van der Waals surface area contributed by atoms with Crippen LogP contribution in [0, 0.1) is 12.7 Å². The Bertz CT molecular complexity index is 1220. The van der Waals surface area contributed by atoms with Gasteiger partial charge in [-0.1, -0.05) is 47.7 Å². The Morgan fingerprint density at radius 1 is 1.06 bits per heavy atom. The second-order valence-corrected chi connectivity index (χ2v) is 8.00. The average Bonchev–Trinajstić information content (AvgIpc) is 3.22. The molecule has 0 spiro atoms. The van der Waals surface area contributed by atoms with Crippen molar-refractivity contribution in [1.82, 2.24) is 14.8 Å². The van der Waals surface area contributed by atoms with E-state index in [1.807, 2.05) is 60.0 Å². The Morgan fingerprint density at radius 3 is 2.50 bits per heavy atom. The van der Waals surface area contributed by atoms with Crippen LogP contribution < -0.4 is 10.1 Å². The second-order valence-electron chi connectivity index (χ2n) is 7.05. The molecule has 8 heteroatoms. The van der Waals surface area contributed by atoms with Crippen LogP contribution in [0.4, 0.5) is 10.1 Å². The maximum absolute atomic E-state index is 13.4. The molecule has 0 saturated heterocycles. The molecule has 32 heavy (non-hydrogen) atoms. The molecule has 1 heterocycles. The summed E-state index contributed by atoms with van der Waals surface area (Å²) in [5.41, 5.74) is 3.31. The summed E-state index contributed by atoms with van der Waals surface area (Å²) < 4.78 is 20.5. The quantitative estimate of drug-likeness (QED) is 0.398. The highest BCUT2D eigenvalue weighted by Gasteiger charge is 2.17. The van der Waals surface area contributed by atoms with Gasteiger partial charge in [-0.25, -0.2) is 4.39 Å². The van der Waals surface area contributed by atoms with Crippen LogP contribution in [0.3, 0.4) is 0 Å². The van der Waals surface area contributed by atoms with Gasteiger partial charge in [0, 0.05) is 16.9 Å². The molecule has 4 aromatic rings. The van der Waals surface area contributed by atoms with E-state index in [0.29, 0.717) is 16.7 Å². The van der Waals surface area contributed by atoms with Gasteiger partial charge in [0.2, 0.25) is 5.91 Å². The molecule has 0 radical (unpaired) electrons. The third-order valence-corrected chi connectivity index (χ3v) is 5.64. The Hall–Kier alpha value is -3.65. The molecule has 0 saturated carbocycles. The van der Waals surface area contributed by atoms with Gasteiger partial charge in [0.15, 0.2) is 11.0 Å². The molecular formula is C24H21FN4O2S. The van der Waals surface area contributed by atoms with E-state index in [1.165, 1.54) is 23.9 Å². The largest absolute Gasteiger partial charge is 0.497 e. The summed E-state index contributed by atoms with van der Waals surface area (Å²) in [5, 5.41) is 12.0. The maximum atomic E-state index is 13.4. The molecule has 4 rings (SSSR count). The normalized spacial score (nSPS) is 10.7. The first-order chi connectivity index (χ1) is 15.5. The molecule has 162 valence electrons. The molecule has 0 unspecified atom stereocenters. The van der Waals surface area contributed by atoms with Crippen LogP contribution in [-0.2, 0) is 4.79 Å². The lowest BCUT2D eigenvalue weighted by Crippen LogP contribution is -2.14. The van der Waals surface area contributed by atoms with Crippen LogP contribution in [0.25, 0.3) is 17.1 Å². The summed E-state index contributed by atoms with van der Waals surface area (Å²) in [5.74, 6) is 0.836. The van der Waals surface area contributed by atoms with Crippen LogP contribution >= 0.6 is 11.8 Å². The van der Waals surface area contributed by atoms with Crippen molar-refractivity contribution in [3.63, 3.8) is 0 Å². The second kappa shape index (κ2) is 9.65. The number of amides is 1. The first-order valence-electron chi connectivity index (χ1n) is 9.88. The SMILES string of the molecule is COc1ccc(-n2c(SCC(=O)Nc3cccc(F)c3)nnc2-c2ccc(C)cc2)cc1. The zero-order valence-corrected chi connectivity index (χ0v) is 18.4. The first-order valence-corrected chi connectivity index (χ1v) is 10.9. The van der Waals surface area contributed by atoms with Gasteiger partial charge in [0.05, 0.1) is 12.9 Å². The summed E-state index contributed by atoms with van der Waals surface area (Å²) in [4.78, 5) is 12.4. The third-order valence-electron chi connectivity index (χ3n) is 4.71. The number of ether oxygens (including phenoxy) is 1. The van der Waals surface area contributed by atoms with Crippen LogP contribution in [0.15, 0.2) is 78.0 Å². The number of aromatic nitrogens is 3. The molecule has 0 aliphatic heterocycles. The van der Waals surface area contributed by atoms with Crippen molar-refractivity contribution >= 4 is 23.4 Å². The molecule has 0 aliphatic rings. The van der Waals surface area contributed by atoms with Gasteiger partial charge in [-0.3, -0.25) is 9.36 Å². The highest BCUT2D eigenvalue weighted by molar-refractivity contribution is 7.99. The van der Waals surface area contributed by atoms with Gasteiger partial charge in [-0.15, -0.1) is 10.2 Å². The Kier molecular flexibility index (Phi) is 6.51. The fraction of sp³-hybridized carbons (Fsp3) is 0.125. The number of anilines is 1. The number of thioether (sulfide) groups is 1. The molecule has 3 aromatic carbocycles. The lowest BCUT2D eigenvalue weighted by Gasteiger charge is -2.11.